The van der Waals surface area contributed by atoms with Crippen molar-refractivity contribution in [3.8, 4) is 0 Å². The van der Waals surface area contributed by atoms with Crippen LogP contribution in [0, 0.1) is 5.92 Å². The van der Waals surface area contributed by atoms with Crippen LogP contribution in [-0.2, 0) is 20.9 Å². The molecule has 2 aromatic rings. The maximum absolute atomic E-state index is 12.9. The molecule has 2 aliphatic rings. The number of nitrogens with zero attached hydrogens (tertiary/aromatic N) is 3. The van der Waals surface area contributed by atoms with Gasteiger partial charge >= 0.3 is 0 Å². The standard InChI is InChI=1S/C24H28N6O3/c1-16-24(33)30(20-8-3-2-4-9-20)28-22(26-16)23(32)27-19-7-5-6-17(14-19)15-29-12-10-18(11-13-29)21(25)31/h2-9,14,16,18H,10-13,15H2,1H3,(H2,25,31)(H,26,28)(H,27,32). The first-order valence-corrected chi connectivity index (χ1v) is 11.1. The van der Waals surface area contributed by atoms with Gasteiger partial charge in [0, 0.05) is 18.2 Å². The van der Waals surface area contributed by atoms with Gasteiger partial charge in [0.15, 0.2) is 0 Å². The quantitative estimate of drug-likeness (QED) is 0.621. The average Bonchev–Trinajstić information content (AvgIpc) is 2.82. The summed E-state index contributed by atoms with van der Waals surface area (Å²) in [5.41, 5.74) is 10.6. The number of rotatable bonds is 6. The highest BCUT2D eigenvalue weighted by atomic mass is 16.2. The summed E-state index contributed by atoms with van der Waals surface area (Å²) >= 11 is 0. The summed E-state index contributed by atoms with van der Waals surface area (Å²) in [6.45, 7) is 4.01. The van der Waals surface area contributed by atoms with Gasteiger partial charge in [-0.3, -0.25) is 24.7 Å². The number of primary amides is 1. The van der Waals surface area contributed by atoms with Crippen molar-refractivity contribution in [3.63, 3.8) is 0 Å². The lowest BCUT2D eigenvalue weighted by molar-refractivity contribution is -0.123. The minimum absolute atomic E-state index is 0.0413. The fraction of sp³-hybridized carbons (Fsp3) is 0.333. The second-order valence-electron chi connectivity index (χ2n) is 8.38. The van der Waals surface area contributed by atoms with E-state index in [2.05, 4.69) is 20.6 Å². The fourth-order valence-electron chi connectivity index (χ4n) is 4.08. The molecule has 2 aliphatic heterocycles. The molecule has 3 amide bonds. The van der Waals surface area contributed by atoms with Gasteiger partial charge in [-0.25, -0.2) is 10.0 Å². The van der Waals surface area contributed by atoms with E-state index in [1.54, 1.807) is 19.1 Å². The molecular weight excluding hydrogens is 420 g/mol. The second kappa shape index (κ2) is 9.83. The van der Waals surface area contributed by atoms with Crippen molar-refractivity contribution in [2.45, 2.75) is 32.4 Å². The summed E-state index contributed by atoms with van der Waals surface area (Å²) in [5.74, 6) is -0.847. The van der Waals surface area contributed by atoms with Crippen molar-refractivity contribution >= 4 is 34.9 Å². The van der Waals surface area contributed by atoms with Crippen molar-refractivity contribution in [1.82, 2.24) is 10.3 Å². The van der Waals surface area contributed by atoms with Crippen molar-refractivity contribution in [1.29, 1.82) is 0 Å². The summed E-state index contributed by atoms with van der Waals surface area (Å²) in [4.78, 5) is 43.3. The zero-order valence-corrected chi connectivity index (χ0v) is 18.5. The molecule has 0 spiro atoms. The molecule has 4 rings (SSSR count). The third-order valence-electron chi connectivity index (χ3n) is 5.93. The smallest absolute Gasteiger partial charge is 0.292 e. The fourth-order valence-corrected chi connectivity index (χ4v) is 4.08. The molecular formula is C24H28N6O3. The van der Waals surface area contributed by atoms with Crippen LogP contribution in [0.15, 0.2) is 59.6 Å². The van der Waals surface area contributed by atoms with Gasteiger partial charge in [-0.1, -0.05) is 30.3 Å². The first-order valence-electron chi connectivity index (χ1n) is 11.1. The molecule has 0 aliphatic carbocycles. The summed E-state index contributed by atoms with van der Waals surface area (Å²) in [5, 5.41) is 4.21. The molecule has 33 heavy (non-hydrogen) atoms. The van der Waals surface area contributed by atoms with E-state index in [0.717, 1.165) is 38.0 Å². The van der Waals surface area contributed by atoms with Crippen LogP contribution >= 0.6 is 0 Å². The average molecular weight is 449 g/mol. The van der Waals surface area contributed by atoms with Crippen LogP contribution in [0.2, 0.25) is 0 Å². The number of hydrogen-bond acceptors (Lipinski definition) is 6. The zero-order chi connectivity index (χ0) is 23.4. The molecule has 9 heteroatoms. The van der Waals surface area contributed by atoms with Gasteiger partial charge in [-0.05, 0) is 62.7 Å². The molecule has 2 aromatic carbocycles. The van der Waals surface area contributed by atoms with Crippen LogP contribution in [0.3, 0.4) is 0 Å². The normalized spacial score (nSPS) is 19.5. The topological polar surface area (TPSA) is 120 Å². The third kappa shape index (κ3) is 5.38. The Morgan fingerprint density at radius 2 is 1.85 bits per heavy atom. The Balaban J connectivity index is 1.40. The summed E-state index contributed by atoms with van der Waals surface area (Å²) in [6.07, 6.45) is 1.54. The molecule has 1 atom stereocenters. The van der Waals surface area contributed by atoms with Gasteiger partial charge in [-0.15, -0.1) is 0 Å². The maximum Gasteiger partial charge on any atom is 0.292 e. The van der Waals surface area contributed by atoms with Gasteiger partial charge < -0.3 is 11.1 Å². The number of hydrogen-bond donors (Lipinski definition) is 3. The Hall–Kier alpha value is -3.72. The molecule has 0 aromatic heterocycles. The number of aliphatic imine (C=N–C) groups is 1. The lowest BCUT2D eigenvalue weighted by Crippen LogP contribution is -2.57. The van der Waals surface area contributed by atoms with Crippen molar-refractivity contribution < 1.29 is 14.4 Å². The third-order valence-corrected chi connectivity index (χ3v) is 5.93. The number of nitrogens with two attached hydrogens (primary N) is 1. The number of benzene rings is 2. The Labute approximate surface area is 192 Å². The number of likely N-dealkylation sites (tertiary alicyclic amines) is 1. The van der Waals surface area contributed by atoms with E-state index in [9.17, 15) is 14.4 Å². The van der Waals surface area contributed by atoms with Crippen molar-refractivity contribution in [2.75, 3.05) is 23.4 Å². The van der Waals surface area contributed by atoms with Gasteiger partial charge in [0.1, 0.15) is 6.04 Å². The van der Waals surface area contributed by atoms with Gasteiger partial charge in [-0.2, -0.15) is 0 Å². The molecule has 0 radical (unpaired) electrons. The first-order chi connectivity index (χ1) is 15.9. The van der Waals surface area contributed by atoms with E-state index in [1.165, 1.54) is 5.01 Å². The Bertz CT molecular complexity index is 1060. The molecule has 4 N–H and O–H groups in total. The second-order valence-corrected chi connectivity index (χ2v) is 8.38. The Kier molecular flexibility index (Phi) is 6.69. The lowest BCUT2D eigenvalue weighted by Gasteiger charge is -2.31. The summed E-state index contributed by atoms with van der Waals surface area (Å²) in [7, 11) is 0. The van der Waals surface area contributed by atoms with E-state index in [0.29, 0.717) is 11.4 Å². The van der Waals surface area contributed by atoms with E-state index < -0.39 is 11.9 Å². The number of para-hydroxylation sites is 1. The summed E-state index contributed by atoms with van der Waals surface area (Å²) < 4.78 is 0. The van der Waals surface area contributed by atoms with Gasteiger partial charge in [0.25, 0.3) is 11.8 Å². The molecule has 1 fully saturated rings. The Morgan fingerprint density at radius 1 is 1.12 bits per heavy atom. The molecule has 172 valence electrons. The van der Waals surface area contributed by atoms with E-state index in [1.807, 2.05) is 42.5 Å². The molecule has 0 bridgehead atoms. The van der Waals surface area contributed by atoms with Crippen molar-refractivity contribution in [2.24, 2.45) is 16.6 Å². The Morgan fingerprint density at radius 3 is 2.55 bits per heavy atom. The van der Waals surface area contributed by atoms with E-state index in [4.69, 9.17) is 5.73 Å². The molecule has 1 saturated heterocycles. The van der Waals surface area contributed by atoms with E-state index >= 15 is 0 Å². The minimum Gasteiger partial charge on any atom is -0.369 e. The molecule has 2 heterocycles. The molecule has 9 nitrogen and oxygen atoms in total. The predicted octanol–water partition coefficient (Wildman–Crippen LogP) is 1.66. The predicted molar refractivity (Wildman–Crippen MR) is 126 cm³/mol. The van der Waals surface area contributed by atoms with Crippen LogP contribution in [0.5, 0.6) is 0 Å². The van der Waals surface area contributed by atoms with Crippen LogP contribution in [0.25, 0.3) is 0 Å². The van der Waals surface area contributed by atoms with Crippen LogP contribution < -0.4 is 21.5 Å². The highest BCUT2D eigenvalue weighted by Gasteiger charge is 2.30. The number of piperidine rings is 1. The van der Waals surface area contributed by atoms with Crippen LogP contribution in [-0.4, -0.2) is 47.6 Å². The van der Waals surface area contributed by atoms with Gasteiger partial charge in [0.05, 0.1) is 5.69 Å². The number of anilines is 2. The summed E-state index contributed by atoms with van der Waals surface area (Å²) in [6, 6.07) is 16.0. The number of carbonyl (C=O) groups is 3. The highest BCUT2D eigenvalue weighted by Crippen LogP contribution is 2.20. The van der Waals surface area contributed by atoms with E-state index in [-0.39, 0.29) is 23.6 Å². The monoisotopic (exact) mass is 448 g/mol. The number of amides is 3. The van der Waals surface area contributed by atoms with Crippen molar-refractivity contribution in [3.05, 3.63) is 60.2 Å². The van der Waals surface area contributed by atoms with Crippen LogP contribution in [0.1, 0.15) is 25.3 Å². The minimum atomic E-state index is -0.679. The highest BCUT2D eigenvalue weighted by molar-refractivity contribution is 6.43. The number of nitrogens with one attached hydrogen (secondary N) is 2. The number of amidine groups is 1. The lowest BCUT2D eigenvalue weighted by atomic mass is 9.96. The first kappa shape index (κ1) is 22.5. The van der Waals surface area contributed by atoms with Crippen LogP contribution in [0.4, 0.5) is 11.4 Å². The van der Waals surface area contributed by atoms with Gasteiger partial charge in [0.2, 0.25) is 11.7 Å². The number of hydrazine groups is 1. The molecule has 1 unspecified atom stereocenters. The SMILES string of the molecule is CC1N=C(C(=O)Nc2cccc(CN3CCC(C(N)=O)CC3)c2)NN(c2ccccc2)C1=O. The molecule has 0 saturated carbocycles. The largest absolute Gasteiger partial charge is 0.369 e. The maximum atomic E-state index is 12.9. The number of carbonyl (C=O) groups excluding carboxylic acids is 3. The zero-order valence-electron chi connectivity index (χ0n) is 18.5.